The molecule has 0 N–H and O–H groups in total. The zero-order valence-electron chi connectivity index (χ0n) is 31.9. The predicted octanol–water partition coefficient (Wildman–Crippen LogP) is 13.3. The van der Waals surface area contributed by atoms with Crippen LogP contribution in [0, 0.1) is 0 Å². The van der Waals surface area contributed by atoms with E-state index in [1.165, 1.54) is 52.8 Å². The third-order valence-electron chi connectivity index (χ3n) is 9.86. The summed E-state index contributed by atoms with van der Waals surface area (Å²) in [6, 6.07) is 56.5. The van der Waals surface area contributed by atoms with Crippen LogP contribution in [0.3, 0.4) is 0 Å². The Balaban J connectivity index is 1.15. The molecule has 0 fully saturated rings. The molecule has 0 aliphatic carbocycles. The minimum atomic E-state index is -2.91. The van der Waals surface area contributed by atoms with Crippen molar-refractivity contribution in [2.24, 2.45) is 0 Å². The summed E-state index contributed by atoms with van der Waals surface area (Å²) in [5, 5.41) is 7.26. The number of aromatic nitrogens is 2. The third kappa shape index (κ3) is 4.51. The summed E-state index contributed by atoms with van der Waals surface area (Å²) in [5.74, 6) is -0.149. The second-order valence-electron chi connectivity index (χ2n) is 12.7. The van der Waals surface area contributed by atoms with Gasteiger partial charge in [0.25, 0.3) is 0 Å². The lowest BCUT2D eigenvalue weighted by molar-refractivity contribution is 0.908. The lowest BCUT2D eigenvalue weighted by Gasteiger charge is -2.18. The molecule has 0 aliphatic heterocycles. The van der Waals surface area contributed by atoms with Gasteiger partial charge in [-0.15, -0.1) is 11.3 Å². The van der Waals surface area contributed by atoms with Crippen LogP contribution in [0.1, 0.15) is 19.5 Å². The van der Waals surface area contributed by atoms with Crippen molar-refractivity contribution >= 4 is 64.1 Å². The Morgan fingerprint density at radius 3 is 1.84 bits per heavy atom. The first-order chi connectivity index (χ1) is 26.7. The van der Waals surface area contributed by atoms with Crippen LogP contribution < -0.4 is 0 Å². The Labute approximate surface area is 301 Å². The van der Waals surface area contributed by atoms with Gasteiger partial charge in [-0.1, -0.05) is 122 Å². The molecule has 2 nitrogen and oxygen atoms in total. The summed E-state index contributed by atoms with van der Waals surface area (Å²) < 4.78 is 45.6. The first-order valence-electron chi connectivity index (χ1n) is 19.2. The largest absolute Gasteiger partial charge is 0.296 e. The van der Waals surface area contributed by atoms with Gasteiger partial charge in [0, 0.05) is 39.1 Å². The first-order valence-corrected chi connectivity index (χ1v) is 17.5. The van der Waals surface area contributed by atoms with E-state index >= 15 is 0 Å². The van der Waals surface area contributed by atoms with Crippen LogP contribution in [0.4, 0.5) is 0 Å². The van der Waals surface area contributed by atoms with Crippen LogP contribution in [-0.2, 0) is 6.37 Å². The number of imidazole rings is 1. The van der Waals surface area contributed by atoms with Gasteiger partial charge in [0.05, 0.1) is 11.0 Å². The van der Waals surface area contributed by atoms with E-state index in [0.717, 1.165) is 22.3 Å². The Morgan fingerprint density at radius 1 is 0.520 bits per heavy atom. The van der Waals surface area contributed by atoms with Gasteiger partial charge in [0.15, 0.2) is 0 Å². The van der Waals surface area contributed by atoms with Crippen molar-refractivity contribution in [3.8, 4) is 39.1 Å². The van der Waals surface area contributed by atoms with E-state index in [9.17, 15) is 0 Å². The van der Waals surface area contributed by atoms with Crippen molar-refractivity contribution in [3.63, 3.8) is 0 Å². The zero-order chi connectivity index (χ0) is 37.5. The molecule has 10 aromatic rings. The molecule has 10 rings (SSSR count). The Morgan fingerprint density at radius 2 is 1.10 bits per heavy atom. The highest BCUT2D eigenvalue weighted by molar-refractivity contribution is 7.25. The number of rotatable bonds is 5. The van der Waals surface area contributed by atoms with Crippen molar-refractivity contribution < 1.29 is 6.85 Å². The highest BCUT2D eigenvalue weighted by atomic mass is 32.1. The van der Waals surface area contributed by atoms with E-state index in [1.807, 2.05) is 53.8 Å². The number of hydrogen-bond donors (Lipinski definition) is 0. The number of nitrogens with zero attached hydrogens (tertiary/aromatic N) is 2. The van der Waals surface area contributed by atoms with Gasteiger partial charge in [-0.05, 0) is 103 Å². The highest BCUT2D eigenvalue weighted by Gasteiger charge is 2.18. The van der Waals surface area contributed by atoms with Gasteiger partial charge in [-0.2, -0.15) is 0 Å². The van der Waals surface area contributed by atoms with Crippen LogP contribution >= 0.6 is 11.3 Å². The number of aryl methyl sites for hydroxylation is 1. The molecule has 3 heteroatoms. The van der Waals surface area contributed by atoms with Crippen LogP contribution in [0.25, 0.3) is 91.8 Å². The number of para-hydroxylation sites is 2. The number of fused-ring (bicyclic) bond motifs is 6. The van der Waals surface area contributed by atoms with Crippen LogP contribution in [-0.4, -0.2) is 9.55 Å². The SMILES string of the molecule is [2H]C([2H])([2H])C([2H])([2H])c1nc2ccccc2n1-c1cccc(-c2cccc(-c3c4ccccc4c(-c4ccc5sc6ccccc6c5c4)c4ccccc34)c2)c1. The Kier molecular flexibility index (Phi) is 5.58. The smallest absolute Gasteiger partial charge is 0.114 e. The summed E-state index contributed by atoms with van der Waals surface area (Å²) in [7, 11) is 0. The summed E-state index contributed by atoms with van der Waals surface area (Å²) in [4.78, 5) is 4.52. The van der Waals surface area contributed by atoms with Crippen LogP contribution in [0.5, 0.6) is 0 Å². The summed E-state index contributed by atoms with van der Waals surface area (Å²) in [5.41, 5.74) is 8.35. The maximum absolute atomic E-state index is 8.67. The second kappa shape index (κ2) is 11.5. The number of thiophene rings is 1. The zero-order valence-corrected chi connectivity index (χ0v) is 27.7. The van der Waals surface area contributed by atoms with Crippen molar-refractivity contribution in [1.82, 2.24) is 9.55 Å². The molecule has 2 heterocycles. The molecule has 2 aromatic heterocycles. The average Bonchev–Trinajstić information content (AvgIpc) is 3.79. The molecule has 0 aliphatic rings. The molecule has 0 radical (unpaired) electrons. The van der Waals surface area contributed by atoms with E-state index < -0.39 is 13.2 Å². The average molecular weight is 662 g/mol. The molecule has 0 unspecified atom stereocenters. The van der Waals surface area contributed by atoms with Crippen molar-refractivity contribution in [3.05, 3.63) is 170 Å². The van der Waals surface area contributed by atoms with Gasteiger partial charge in [-0.25, -0.2) is 4.98 Å². The van der Waals surface area contributed by atoms with Gasteiger partial charge in [-0.3, -0.25) is 4.57 Å². The fourth-order valence-corrected chi connectivity index (χ4v) is 8.77. The molecular weight excluding hydrogens is 625 g/mol. The monoisotopic (exact) mass is 661 g/mol. The molecular formula is C47H32N2S. The predicted molar refractivity (Wildman–Crippen MR) is 215 cm³/mol. The maximum atomic E-state index is 8.67. The minimum absolute atomic E-state index is 0.149. The molecule has 0 atom stereocenters. The standard InChI is InChI=1S/C47H32N2S/c1-2-45-48-41-22-8-9-23-42(41)49(45)34-16-12-14-31(28-34)30-13-11-15-32(27-30)46-36-18-3-5-20-38(36)47(39-21-6-4-19-37(39)46)33-25-26-44-40(29-33)35-17-7-10-24-43(35)50-44/h3-29H,2H2,1H3/i1D3,2D2. The first kappa shape index (κ1) is 24.2. The van der Waals surface area contributed by atoms with E-state index in [-0.39, 0.29) is 5.82 Å². The molecule has 8 aromatic carbocycles. The van der Waals surface area contributed by atoms with Crippen molar-refractivity contribution in [2.75, 3.05) is 0 Å². The molecule has 0 saturated heterocycles. The lowest BCUT2D eigenvalue weighted by atomic mass is 9.85. The van der Waals surface area contributed by atoms with Crippen LogP contribution in [0.2, 0.25) is 0 Å². The van der Waals surface area contributed by atoms with E-state index in [0.29, 0.717) is 16.7 Å². The normalized spacial score (nSPS) is 13.8. The summed E-state index contributed by atoms with van der Waals surface area (Å²) in [6.45, 7) is -2.91. The highest BCUT2D eigenvalue weighted by Crippen LogP contribution is 2.45. The number of hydrogen-bond acceptors (Lipinski definition) is 2. The van der Waals surface area contributed by atoms with Crippen molar-refractivity contribution in [2.45, 2.75) is 13.2 Å². The lowest BCUT2D eigenvalue weighted by Crippen LogP contribution is -2.00. The van der Waals surface area contributed by atoms with E-state index in [4.69, 9.17) is 6.85 Å². The Hall–Kier alpha value is -6.03. The van der Waals surface area contributed by atoms with E-state index in [1.54, 1.807) is 10.6 Å². The quantitative estimate of drug-likeness (QED) is 0.168. The van der Waals surface area contributed by atoms with Crippen molar-refractivity contribution in [1.29, 1.82) is 0 Å². The van der Waals surface area contributed by atoms with Gasteiger partial charge in [0.2, 0.25) is 0 Å². The minimum Gasteiger partial charge on any atom is -0.296 e. The second-order valence-corrected chi connectivity index (χ2v) is 13.7. The molecule has 0 amide bonds. The third-order valence-corrected chi connectivity index (χ3v) is 11.0. The van der Waals surface area contributed by atoms with Gasteiger partial charge < -0.3 is 0 Å². The summed E-state index contributed by atoms with van der Waals surface area (Å²) in [6.07, 6.45) is -2.68. The molecule has 236 valence electrons. The topological polar surface area (TPSA) is 17.8 Å². The molecule has 0 bridgehead atoms. The number of benzene rings is 8. The molecule has 50 heavy (non-hydrogen) atoms. The van der Waals surface area contributed by atoms with Gasteiger partial charge >= 0.3 is 0 Å². The summed E-state index contributed by atoms with van der Waals surface area (Å²) >= 11 is 1.83. The van der Waals surface area contributed by atoms with E-state index in [2.05, 4.69) is 120 Å². The fourth-order valence-electron chi connectivity index (χ4n) is 7.68. The molecule has 0 spiro atoms. The fraction of sp³-hybridized carbons (Fsp3) is 0.0426. The maximum Gasteiger partial charge on any atom is 0.114 e. The molecule has 0 saturated carbocycles. The van der Waals surface area contributed by atoms with Gasteiger partial charge in [0.1, 0.15) is 5.82 Å². The Bertz CT molecular complexity index is 3080. The van der Waals surface area contributed by atoms with Crippen LogP contribution in [0.15, 0.2) is 164 Å².